The van der Waals surface area contributed by atoms with E-state index in [0.717, 1.165) is 16.5 Å². The molecule has 24 heavy (non-hydrogen) atoms. The zero-order chi connectivity index (χ0) is 16.5. The Labute approximate surface area is 149 Å². The summed E-state index contributed by atoms with van der Waals surface area (Å²) in [5.41, 5.74) is 2.60. The lowest BCUT2D eigenvalue weighted by Crippen LogP contribution is -2.27. The van der Waals surface area contributed by atoms with Crippen LogP contribution in [0, 0.1) is 0 Å². The first-order valence-electron chi connectivity index (χ1n) is 7.98. The molecule has 1 heterocycles. The molecular weight excluding hydrogens is 340 g/mol. The van der Waals surface area contributed by atoms with E-state index in [1.165, 1.54) is 12.8 Å². The Kier molecular flexibility index (Phi) is 4.25. The predicted octanol–water partition coefficient (Wildman–Crippen LogP) is 5.15. The monoisotopic (exact) mass is 356 g/mol. The van der Waals surface area contributed by atoms with Crippen LogP contribution in [0.2, 0.25) is 5.02 Å². The van der Waals surface area contributed by atoms with Crippen LogP contribution in [0.5, 0.6) is 0 Å². The van der Waals surface area contributed by atoms with Gasteiger partial charge in [0.15, 0.2) is 0 Å². The summed E-state index contributed by atoms with van der Waals surface area (Å²) in [6.07, 6.45) is 2.46. The van der Waals surface area contributed by atoms with Crippen LogP contribution in [0.1, 0.15) is 34.3 Å². The molecule has 0 spiro atoms. The lowest BCUT2D eigenvalue weighted by Gasteiger charge is -2.18. The lowest BCUT2D eigenvalue weighted by atomic mass is 10.2. The van der Waals surface area contributed by atoms with Crippen LogP contribution in [-0.4, -0.2) is 16.1 Å². The average Bonchev–Trinajstić information content (AvgIpc) is 3.31. The zero-order valence-corrected chi connectivity index (χ0v) is 14.5. The predicted molar refractivity (Wildman–Crippen MR) is 101 cm³/mol. The molecule has 0 aliphatic heterocycles. The van der Waals surface area contributed by atoms with E-state index < -0.39 is 0 Å². The summed E-state index contributed by atoms with van der Waals surface area (Å²) >= 11 is 7.85. The number of aromatic amines is 1. The third kappa shape index (κ3) is 3.45. The molecule has 5 heteroatoms. The van der Waals surface area contributed by atoms with Gasteiger partial charge in [0.05, 0.1) is 0 Å². The van der Waals surface area contributed by atoms with Crippen molar-refractivity contribution in [3.63, 3.8) is 0 Å². The van der Waals surface area contributed by atoms with Gasteiger partial charge >= 0.3 is 0 Å². The summed E-state index contributed by atoms with van der Waals surface area (Å²) in [7, 11) is 0. The normalized spacial score (nSPS) is 15.4. The van der Waals surface area contributed by atoms with Crippen molar-refractivity contribution in [3.05, 3.63) is 70.9 Å². The first-order valence-corrected chi connectivity index (χ1v) is 9.31. The van der Waals surface area contributed by atoms with Gasteiger partial charge in [0.1, 0.15) is 11.1 Å². The molecule has 0 radical (unpaired) electrons. The summed E-state index contributed by atoms with van der Waals surface area (Å²) in [5, 5.41) is 5.39. The number of rotatable bonds is 5. The number of aromatic nitrogens is 1. The highest BCUT2D eigenvalue weighted by molar-refractivity contribution is 8.00. The molecule has 1 atom stereocenters. The molecule has 3 aromatic rings. The zero-order valence-electron chi connectivity index (χ0n) is 13.0. The second-order valence-corrected chi connectivity index (χ2v) is 7.86. The molecule has 2 N–H and O–H groups in total. The van der Waals surface area contributed by atoms with Crippen molar-refractivity contribution in [1.29, 1.82) is 0 Å². The molecule has 0 saturated heterocycles. The minimum absolute atomic E-state index is 0.0267. The van der Waals surface area contributed by atoms with E-state index in [0.29, 0.717) is 16.0 Å². The number of nitrogens with one attached hydrogen (secondary N) is 2. The standard InChI is InChI=1S/C19H17ClN2OS/c20-14-6-9-16-13(10-14)11-17(21-16)18(23)22-19(24-15-7-8-15)12-4-2-1-3-5-12/h1-6,9-11,15,19,21H,7-8H2,(H,22,23). The van der Waals surface area contributed by atoms with Crippen LogP contribution in [0.25, 0.3) is 10.9 Å². The van der Waals surface area contributed by atoms with Gasteiger partial charge in [-0.1, -0.05) is 41.9 Å². The summed E-state index contributed by atoms with van der Waals surface area (Å²) in [4.78, 5) is 15.9. The topological polar surface area (TPSA) is 44.9 Å². The summed E-state index contributed by atoms with van der Waals surface area (Å²) in [6.45, 7) is 0. The van der Waals surface area contributed by atoms with E-state index in [2.05, 4.69) is 22.4 Å². The third-order valence-electron chi connectivity index (χ3n) is 4.04. The Balaban J connectivity index is 1.57. The van der Waals surface area contributed by atoms with Crippen LogP contribution >= 0.6 is 23.4 Å². The fraction of sp³-hybridized carbons (Fsp3) is 0.211. The Morgan fingerprint density at radius 2 is 1.96 bits per heavy atom. The molecule has 3 nitrogen and oxygen atoms in total. The fourth-order valence-electron chi connectivity index (χ4n) is 2.64. The molecule has 1 aliphatic carbocycles. The van der Waals surface area contributed by atoms with Crippen molar-refractivity contribution in [1.82, 2.24) is 10.3 Å². The maximum Gasteiger partial charge on any atom is 0.268 e. The lowest BCUT2D eigenvalue weighted by molar-refractivity contribution is 0.0945. The molecule has 0 bridgehead atoms. The van der Waals surface area contributed by atoms with Gasteiger partial charge in [0.2, 0.25) is 0 Å². The third-order valence-corrected chi connectivity index (χ3v) is 5.80. The Hall–Kier alpha value is -1.91. The molecule has 1 fully saturated rings. The fourth-order valence-corrected chi connectivity index (χ4v) is 4.11. The maximum atomic E-state index is 12.7. The Morgan fingerprint density at radius 3 is 2.71 bits per heavy atom. The van der Waals surface area contributed by atoms with Crippen LogP contribution < -0.4 is 5.32 Å². The number of carbonyl (C=O) groups excluding carboxylic acids is 1. The van der Waals surface area contributed by atoms with E-state index in [9.17, 15) is 4.79 Å². The summed E-state index contributed by atoms with van der Waals surface area (Å²) in [6, 6.07) is 17.5. The van der Waals surface area contributed by atoms with Crippen LogP contribution in [0.4, 0.5) is 0 Å². The number of fused-ring (bicyclic) bond motifs is 1. The van der Waals surface area contributed by atoms with Crippen LogP contribution in [-0.2, 0) is 0 Å². The van der Waals surface area contributed by atoms with Crippen molar-refractivity contribution in [2.24, 2.45) is 0 Å². The second-order valence-electron chi connectivity index (χ2n) is 6.01. The van der Waals surface area contributed by atoms with Crippen molar-refractivity contribution in [2.45, 2.75) is 23.5 Å². The highest BCUT2D eigenvalue weighted by atomic mass is 35.5. The summed E-state index contributed by atoms with van der Waals surface area (Å²) < 4.78 is 0. The average molecular weight is 357 g/mol. The van der Waals surface area contributed by atoms with Crippen molar-refractivity contribution < 1.29 is 4.79 Å². The van der Waals surface area contributed by atoms with E-state index in [1.807, 2.05) is 54.2 Å². The van der Waals surface area contributed by atoms with Crippen molar-refractivity contribution in [3.8, 4) is 0 Å². The second kappa shape index (κ2) is 6.54. The number of thioether (sulfide) groups is 1. The highest BCUT2D eigenvalue weighted by Crippen LogP contribution is 2.42. The minimum atomic E-state index is -0.0932. The molecule has 1 amide bonds. The molecule has 1 aromatic heterocycles. The highest BCUT2D eigenvalue weighted by Gasteiger charge is 2.28. The van der Waals surface area contributed by atoms with Gasteiger partial charge in [-0.25, -0.2) is 0 Å². The van der Waals surface area contributed by atoms with Gasteiger partial charge in [0.25, 0.3) is 5.91 Å². The largest absolute Gasteiger partial charge is 0.351 e. The van der Waals surface area contributed by atoms with Crippen molar-refractivity contribution >= 4 is 40.2 Å². The number of carbonyl (C=O) groups is 1. The Morgan fingerprint density at radius 1 is 1.17 bits per heavy atom. The molecule has 4 rings (SSSR count). The number of hydrogen-bond acceptors (Lipinski definition) is 2. The maximum absolute atomic E-state index is 12.7. The number of hydrogen-bond donors (Lipinski definition) is 2. The number of amides is 1. The van der Waals surface area contributed by atoms with Crippen molar-refractivity contribution in [2.75, 3.05) is 0 Å². The minimum Gasteiger partial charge on any atom is -0.351 e. The number of H-pyrrole nitrogens is 1. The molecular formula is C19H17ClN2OS. The SMILES string of the molecule is O=C(NC(SC1CC1)c1ccccc1)c1cc2cc(Cl)ccc2[nH]1. The van der Waals surface area contributed by atoms with Crippen LogP contribution in [0.3, 0.4) is 0 Å². The van der Waals surface area contributed by atoms with E-state index in [1.54, 1.807) is 0 Å². The molecule has 1 saturated carbocycles. The first kappa shape index (κ1) is 15.6. The van der Waals surface area contributed by atoms with Crippen LogP contribution in [0.15, 0.2) is 54.6 Å². The van der Waals surface area contributed by atoms with E-state index in [-0.39, 0.29) is 11.3 Å². The van der Waals surface area contributed by atoms with Gasteiger partial charge < -0.3 is 10.3 Å². The van der Waals surface area contributed by atoms with Gasteiger partial charge in [-0.2, -0.15) is 0 Å². The quantitative estimate of drug-likeness (QED) is 0.621. The number of halogens is 1. The number of benzene rings is 2. The Bertz CT molecular complexity index is 873. The van der Waals surface area contributed by atoms with E-state index in [4.69, 9.17) is 11.6 Å². The smallest absolute Gasteiger partial charge is 0.268 e. The molecule has 122 valence electrons. The molecule has 1 aliphatic rings. The first-order chi connectivity index (χ1) is 11.7. The molecule has 1 unspecified atom stereocenters. The molecule has 2 aromatic carbocycles. The van der Waals surface area contributed by atoms with E-state index >= 15 is 0 Å². The van der Waals surface area contributed by atoms with Gasteiger partial charge in [0, 0.05) is 21.2 Å². The van der Waals surface area contributed by atoms with Gasteiger partial charge in [-0.3, -0.25) is 4.79 Å². The van der Waals surface area contributed by atoms with Gasteiger partial charge in [-0.05, 0) is 42.7 Å². The summed E-state index contributed by atoms with van der Waals surface area (Å²) in [5.74, 6) is -0.0932. The van der Waals surface area contributed by atoms with Gasteiger partial charge in [-0.15, -0.1) is 11.8 Å².